The maximum Gasteiger partial charge on any atom is 0.183 e. The molecular formula is C23H27NO2. The Labute approximate surface area is 156 Å². The highest BCUT2D eigenvalue weighted by Gasteiger charge is 2.50. The van der Waals surface area contributed by atoms with Crippen molar-refractivity contribution in [3.8, 4) is 5.75 Å². The molecule has 136 valence electrons. The summed E-state index contributed by atoms with van der Waals surface area (Å²) >= 11 is 0. The Bertz CT molecular complexity index is 829. The lowest BCUT2D eigenvalue weighted by atomic mass is 9.82. The van der Waals surface area contributed by atoms with Gasteiger partial charge in [-0.25, -0.2) is 0 Å². The van der Waals surface area contributed by atoms with Crippen molar-refractivity contribution in [2.45, 2.75) is 44.6 Å². The van der Waals surface area contributed by atoms with Gasteiger partial charge in [0, 0.05) is 12.1 Å². The summed E-state index contributed by atoms with van der Waals surface area (Å²) in [7, 11) is 1.68. The zero-order chi connectivity index (χ0) is 18.1. The molecule has 1 aliphatic carbocycles. The molecule has 1 fully saturated rings. The molecule has 2 aliphatic rings. The van der Waals surface area contributed by atoms with Gasteiger partial charge in [0.25, 0.3) is 0 Å². The number of aryl methyl sites for hydroxylation is 1. The largest absolute Gasteiger partial charge is 0.497 e. The summed E-state index contributed by atoms with van der Waals surface area (Å²) in [5.41, 5.74) is 4.43. The number of ketones is 1. The summed E-state index contributed by atoms with van der Waals surface area (Å²) in [6, 6.07) is 14.5. The maximum absolute atomic E-state index is 13.4. The molecule has 2 aromatic rings. The molecule has 1 atom stereocenters. The number of carbonyl (C=O) groups is 1. The predicted molar refractivity (Wildman–Crippen MR) is 104 cm³/mol. The van der Waals surface area contributed by atoms with Gasteiger partial charge in [-0.05, 0) is 80.5 Å². The Balaban J connectivity index is 1.59. The van der Waals surface area contributed by atoms with Crippen molar-refractivity contribution in [2.75, 3.05) is 20.2 Å². The standard InChI is InChI=1S/C23H27NO2/c1-17-7-3-4-8-18(17)11-14-24-13-6-5-12-23(24)16-19-15-20(26-2)9-10-21(19)22(23)25/h3-4,7-10,15H,5-6,11-14,16H2,1-2H3. The Hall–Kier alpha value is -2.13. The second-order valence-corrected chi connectivity index (χ2v) is 7.68. The van der Waals surface area contributed by atoms with Gasteiger partial charge in [0.2, 0.25) is 0 Å². The van der Waals surface area contributed by atoms with Gasteiger partial charge in [0.05, 0.1) is 12.6 Å². The fourth-order valence-electron chi connectivity index (χ4n) is 4.73. The lowest BCUT2D eigenvalue weighted by Gasteiger charge is -2.43. The minimum Gasteiger partial charge on any atom is -0.497 e. The first-order chi connectivity index (χ1) is 12.6. The minimum absolute atomic E-state index is 0.319. The third-order valence-corrected chi connectivity index (χ3v) is 6.25. The third-order valence-electron chi connectivity index (χ3n) is 6.25. The number of nitrogens with zero attached hydrogens (tertiary/aromatic N) is 1. The van der Waals surface area contributed by atoms with E-state index < -0.39 is 0 Å². The second kappa shape index (κ2) is 6.88. The Morgan fingerprint density at radius 2 is 2.00 bits per heavy atom. The number of hydrogen-bond donors (Lipinski definition) is 0. The van der Waals surface area contributed by atoms with Crippen LogP contribution in [0.2, 0.25) is 0 Å². The molecule has 4 rings (SSSR count). The monoisotopic (exact) mass is 349 g/mol. The van der Waals surface area contributed by atoms with Crippen LogP contribution in [-0.2, 0) is 12.8 Å². The fourth-order valence-corrected chi connectivity index (χ4v) is 4.73. The van der Waals surface area contributed by atoms with Crippen molar-refractivity contribution >= 4 is 5.78 Å². The van der Waals surface area contributed by atoms with Crippen LogP contribution >= 0.6 is 0 Å². The normalized spacial score (nSPS) is 22.6. The van der Waals surface area contributed by atoms with Crippen molar-refractivity contribution < 1.29 is 9.53 Å². The zero-order valence-corrected chi connectivity index (χ0v) is 15.8. The van der Waals surface area contributed by atoms with Crippen molar-refractivity contribution in [1.29, 1.82) is 0 Å². The summed E-state index contributed by atoms with van der Waals surface area (Å²) in [4.78, 5) is 15.8. The van der Waals surface area contributed by atoms with Gasteiger partial charge in [-0.1, -0.05) is 24.3 Å². The van der Waals surface area contributed by atoms with Gasteiger partial charge in [-0.2, -0.15) is 0 Å². The molecule has 0 bridgehead atoms. The molecular weight excluding hydrogens is 322 g/mol. The van der Waals surface area contributed by atoms with Crippen molar-refractivity contribution in [3.05, 3.63) is 64.7 Å². The number of benzene rings is 2. The van der Waals surface area contributed by atoms with E-state index in [-0.39, 0.29) is 5.54 Å². The number of carbonyl (C=O) groups excluding carboxylic acids is 1. The minimum atomic E-state index is -0.338. The summed E-state index contributed by atoms with van der Waals surface area (Å²) in [6.07, 6.45) is 5.12. The van der Waals surface area contributed by atoms with Gasteiger partial charge in [-0.3, -0.25) is 9.69 Å². The number of ether oxygens (including phenoxy) is 1. The maximum atomic E-state index is 13.4. The third kappa shape index (κ3) is 2.84. The first kappa shape index (κ1) is 17.3. The lowest BCUT2D eigenvalue weighted by molar-refractivity contribution is 0.0411. The van der Waals surface area contributed by atoms with E-state index in [0.29, 0.717) is 5.78 Å². The topological polar surface area (TPSA) is 29.5 Å². The molecule has 1 spiro atoms. The average Bonchev–Trinajstić information content (AvgIpc) is 2.94. The first-order valence-corrected chi connectivity index (χ1v) is 9.65. The number of piperidine rings is 1. The van der Waals surface area contributed by atoms with Gasteiger partial charge in [0.1, 0.15) is 5.75 Å². The van der Waals surface area contributed by atoms with E-state index in [2.05, 4.69) is 42.2 Å². The van der Waals surface area contributed by atoms with Crippen molar-refractivity contribution in [3.63, 3.8) is 0 Å². The van der Waals surface area contributed by atoms with E-state index >= 15 is 0 Å². The number of likely N-dealkylation sites (tertiary alicyclic amines) is 1. The van der Waals surface area contributed by atoms with Crippen LogP contribution < -0.4 is 4.74 Å². The highest BCUT2D eigenvalue weighted by molar-refractivity contribution is 6.07. The molecule has 0 radical (unpaired) electrons. The SMILES string of the molecule is COc1ccc2c(c1)CC1(CCCCN1CCc1ccccc1C)C2=O. The quantitative estimate of drug-likeness (QED) is 0.828. The van der Waals surface area contributed by atoms with Crippen LogP contribution in [0.25, 0.3) is 0 Å². The van der Waals surface area contributed by atoms with Crippen LogP contribution in [0.4, 0.5) is 0 Å². The Morgan fingerprint density at radius 1 is 1.15 bits per heavy atom. The van der Waals surface area contributed by atoms with E-state index in [9.17, 15) is 4.79 Å². The van der Waals surface area contributed by atoms with E-state index in [1.807, 2.05) is 12.1 Å². The lowest BCUT2D eigenvalue weighted by Crippen LogP contribution is -2.56. The van der Waals surface area contributed by atoms with Gasteiger partial charge in [-0.15, -0.1) is 0 Å². The van der Waals surface area contributed by atoms with Crippen LogP contribution in [0, 0.1) is 6.92 Å². The van der Waals surface area contributed by atoms with E-state index in [4.69, 9.17) is 4.74 Å². The molecule has 1 unspecified atom stereocenters. The highest BCUT2D eigenvalue weighted by atomic mass is 16.5. The molecule has 0 saturated carbocycles. The molecule has 1 aliphatic heterocycles. The second-order valence-electron chi connectivity index (χ2n) is 7.68. The molecule has 3 nitrogen and oxygen atoms in total. The zero-order valence-electron chi connectivity index (χ0n) is 15.8. The summed E-state index contributed by atoms with van der Waals surface area (Å²) in [5.74, 6) is 1.16. The van der Waals surface area contributed by atoms with Gasteiger partial charge < -0.3 is 4.74 Å². The molecule has 1 heterocycles. The number of methoxy groups -OCH3 is 1. The Kier molecular flexibility index (Phi) is 4.58. The molecule has 1 saturated heterocycles. The number of hydrogen-bond acceptors (Lipinski definition) is 3. The summed E-state index contributed by atoms with van der Waals surface area (Å²) in [6.45, 7) is 4.13. The van der Waals surface area contributed by atoms with Gasteiger partial charge >= 0.3 is 0 Å². The molecule has 26 heavy (non-hydrogen) atoms. The summed E-state index contributed by atoms with van der Waals surface area (Å²) in [5, 5.41) is 0. The van der Waals surface area contributed by atoms with Crippen LogP contribution in [-0.4, -0.2) is 36.4 Å². The number of rotatable bonds is 4. The first-order valence-electron chi connectivity index (χ1n) is 9.65. The molecule has 0 aromatic heterocycles. The highest BCUT2D eigenvalue weighted by Crippen LogP contribution is 2.42. The number of fused-ring (bicyclic) bond motifs is 1. The van der Waals surface area contributed by atoms with E-state index in [0.717, 1.165) is 55.6 Å². The fraction of sp³-hybridized carbons (Fsp3) is 0.435. The van der Waals surface area contributed by atoms with Crippen LogP contribution in [0.3, 0.4) is 0 Å². The molecule has 3 heteroatoms. The van der Waals surface area contributed by atoms with Crippen molar-refractivity contribution in [2.24, 2.45) is 0 Å². The van der Waals surface area contributed by atoms with E-state index in [1.165, 1.54) is 17.5 Å². The molecule has 2 aromatic carbocycles. The van der Waals surface area contributed by atoms with Crippen LogP contribution in [0.15, 0.2) is 42.5 Å². The van der Waals surface area contributed by atoms with Crippen molar-refractivity contribution in [1.82, 2.24) is 4.90 Å². The smallest absolute Gasteiger partial charge is 0.183 e. The number of Topliss-reactive ketones (excluding diaryl/α,β-unsaturated/α-hetero) is 1. The van der Waals surface area contributed by atoms with Gasteiger partial charge in [0.15, 0.2) is 5.78 Å². The summed E-state index contributed by atoms with van der Waals surface area (Å²) < 4.78 is 5.37. The average molecular weight is 349 g/mol. The Morgan fingerprint density at radius 3 is 2.81 bits per heavy atom. The molecule has 0 amide bonds. The van der Waals surface area contributed by atoms with Crippen LogP contribution in [0.5, 0.6) is 5.75 Å². The van der Waals surface area contributed by atoms with Crippen LogP contribution in [0.1, 0.15) is 46.3 Å². The predicted octanol–water partition coefficient (Wildman–Crippen LogP) is 4.21. The van der Waals surface area contributed by atoms with E-state index in [1.54, 1.807) is 7.11 Å². The molecule has 0 N–H and O–H groups in total.